The first-order valence-corrected chi connectivity index (χ1v) is 9.47. The Balaban J connectivity index is 1.68. The minimum absolute atomic E-state index is 0.135. The Bertz CT molecular complexity index is 1010. The molecule has 0 spiro atoms. The molecule has 0 amide bonds. The number of fused-ring (bicyclic) bond motifs is 1. The summed E-state index contributed by atoms with van der Waals surface area (Å²) in [5.41, 5.74) is 1.29. The maximum absolute atomic E-state index is 12.6. The molecular weight excluding hydrogens is 366 g/mol. The first-order chi connectivity index (χ1) is 13.5. The molecule has 2 aromatic heterocycles. The van der Waals surface area contributed by atoms with Crippen molar-refractivity contribution in [1.29, 1.82) is 0 Å². The number of nitrogens with one attached hydrogen (secondary N) is 2. The second-order valence-electron chi connectivity index (χ2n) is 7.18. The lowest BCUT2D eigenvalue weighted by Gasteiger charge is -2.22. The average Bonchev–Trinajstić information content (AvgIpc) is 3.08. The lowest BCUT2D eigenvalue weighted by molar-refractivity contribution is -0.00577. The van der Waals surface area contributed by atoms with Gasteiger partial charge in [0.15, 0.2) is 5.82 Å². The van der Waals surface area contributed by atoms with E-state index in [1.165, 1.54) is 18.6 Å². The van der Waals surface area contributed by atoms with Crippen molar-refractivity contribution in [2.24, 2.45) is 0 Å². The molecule has 1 aromatic carbocycles. The summed E-state index contributed by atoms with van der Waals surface area (Å²) in [6, 6.07) is 8.16. The summed E-state index contributed by atoms with van der Waals surface area (Å²) in [6.45, 7) is 0. The second-order valence-corrected chi connectivity index (χ2v) is 7.18. The summed E-state index contributed by atoms with van der Waals surface area (Å²) in [6.07, 6.45) is 2.54. The number of anilines is 2. The van der Waals surface area contributed by atoms with Crippen LogP contribution in [0, 0.1) is 0 Å². The van der Waals surface area contributed by atoms with Crippen LogP contribution in [0.5, 0.6) is 0 Å². The van der Waals surface area contributed by atoms with Crippen LogP contribution in [-0.2, 0) is 0 Å². The zero-order valence-corrected chi connectivity index (χ0v) is 15.2. The fraction of sp³-hybridized carbons (Fsp3) is 0.400. The topological polar surface area (TPSA) is 82.9 Å². The molecule has 148 valence electrons. The van der Waals surface area contributed by atoms with Gasteiger partial charge in [0.25, 0.3) is 12.0 Å². The Morgan fingerprint density at radius 3 is 2.54 bits per heavy atom. The quantitative estimate of drug-likeness (QED) is 0.610. The van der Waals surface area contributed by atoms with E-state index in [0.29, 0.717) is 16.9 Å². The highest BCUT2D eigenvalue weighted by molar-refractivity contribution is 5.91. The largest absolute Gasteiger partial charge is 0.382 e. The maximum Gasteiger partial charge on any atom is 0.268 e. The fourth-order valence-corrected chi connectivity index (χ4v) is 3.84. The van der Waals surface area contributed by atoms with E-state index in [1.54, 1.807) is 18.3 Å². The third-order valence-electron chi connectivity index (χ3n) is 5.30. The van der Waals surface area contributed by atoms with Gasteiger partial charge in [-0.1, -0.05) is 31.4 Å². The number of aromatic nitrogens is 3. The van der Waals surface area contributed by atoms with Crippen LogP contribution in [0.4, 0.5) is 20.3 Å². The lowest BCUT2D eigenvalue weighted by atomic mass is 9.95. The molecule has 3 aromatic rings. The summed E-state index contributed by atoms with van der Waals surface area (Å²) in [5.74, 6) is 0.435. The van der Waals surface area contributed by atoms with Gasteiger partial charge >= 0.3 is 0 Å². The number of alkyl halides is 2. The molecule has 0 radical (unpaired) electrons. The zero-order valence-electron chi connectivity index (χ0n) is 15.2. The zero-order chi connectivity index (χ0) is 19.7. The molecule has 0 aliphatic heterocycles. The number of H-pyrrole nitrogens is 1. The van der Waals surface area contributed by atoms with Crippen LogP contribution in [0.25, 0.3) is 10.9 Å². The van der Waals surface area contributed by atoms with Gasteiger partial charge in [0, 0.05) is 11.9 Å². The van der Waals surface area contributed by atoms with Gasteiger partial charge in [-0.15, -0.1) is 0 Å². The van der Waals surface area contributed by atoms with Gasteiger partial charge in [-0.3, -0.25) is 9.48 Å². The Hall–Kier alpha value is -2.74. The molecule has 1 unspecified atom stereocenters. The predicted octanol–water partition coefficient (Wildman–Crippen LogP) is 4.27. The lowest BCUT2D eigenvalue weighted by Crippen LogP contribution is -2.14. The highest BCUT2D eigenvalue weighted by Crippen LogP contribution is 2.33. The van der Waals surface area contributed by atoms with Crippen molar-refractivity contribution in [3.63, 3.8) is 0 Å². The van der Waals surface area contributed by atoms with E-state index in [9.17, 15) is 18.7 Å². The smallest absolute Gasteiger partial charge is 0.268 e. The van der Waals surface area contributed by atoms with E-state index < -0.39 is 12.5 Å². The highest BCUT2D eigenvalue weighted by atomic mass is 19.3. The standard InChI is InChI=1S/C20H22F2N4O2/c21-18(22)17(27)12-6-8-13(9-7-12)24-19-16-15(10-11-23-20(16)28)26(25-19)14-4-2-1-3-5-14/h6-11,14,17-18,27H,1-5H2,(H,23,28)(H,24,25). The van der Waals surface area contributed by atoms with Gasteiger partial charge in [0.05, 0.1) is 11.6 Å². The minimum Gasteiger partial charge on any atom is -0.382 e. The van der Waals surface area contributed by atoms with E-state index in [4.69, 9.17) is 0 Å². The number of benzene rings is 1. The Morgan fingerprint density at radius 1 is 1.14 bits per heavy atom. The Labute approximate surface area is 160 Å². The van der Waals surface area contributed by atoms with Gasteiger partial charge in [0.2, 0.25) is 0 Å². The predicted molar refractivity (Wildman–Crippen MR) is 103 cm³/mol. The van der Waals surface area contributed by atoms with Crippen molar-refractivity contribution in [3.8, 4) is 0 Å². The maximum atomic E-state index is 12.6. The normalized spacial score (nSPS) is 16.6. The number of nitrogens with zero attached hydrogens (tertiary/aromatic N) is 2. The fourth-order valence-electron chi connectivity index (χ4n) is 3.84. The number of halogens is 2. The summed E-state index contributed by atoms with van der Waals surface area (Å²) in [5, 5.41) is 17.7. The van der Waals surface area contributed by atoms with Crippen LogP contribution >= 0.6 is 0 Å². The van der Waals surface area contributed by atoms with Crippen LogP contribution in [0.3, 0.4) is 0 Å². The number of rotatable bonds is 5. The van der Waals surface area contributed by atoms with E-state index in [0.717, 1.165) is 31.2 Å². The van der Waals surface area contributed by atoms with Crippen molar-refractivity contribution in [2.75, 3.05) is 5.32 Å². The molecule has 2 heterocycles. The molecule has 28 heavy (non-hydrogen) atoms. The van der Waals surface area contributed by atoms with Gasteiger partial charge in [-0.25, -0.2) is 8.78 Å². The summed E-state index contributed by atoms with van der Waals surface area (Å²) in [7, 11) is 0. The van der Waals surface area contributed by atoms with E-state index in [-0.39, 0.29) is 17.2 Å². The molecule has 0 saturated heterocycles. The molecule has 3 N–H and O–H groups in total. The van der Waals surface area contributed by atoms with Crippen molar-refractivity contribution < 1.29 is 13.9 Å². The molecule has 1 aliphatic rings. The third-order valence-corrected chi connectivity index (χ3v) is 5.30. The molecule has 1 atom stereocenters. The number of aliphatic hydroxyl groups is 1. The number of hydrogen-bond donors (Lipinski definition) is 3. The summed E-state index contributed by atoms with van der Waals surface area (Å²) >= 11 is 0. The average molecular weight is 388 g/mol. The van der Waals surface area contributed by atoms with Crippen LogP contribution in [0.2, 0.25) is 0 Å². The van der Waals surface area contributed by atoms with Gasteiger partial charge in [-0.2, -0.15) is 5.10 Å². The molecule has 1 fully saturated rings. The first kappa shape index (κ1) is 18.6. The van der Waals surface area contributed by atoms with E-state index in [1.807, 2.05) is 10.7 Å². The Kier molecular flexibility index (Phi) is 5.13. The molecule has 0 bridgehead atoms. The number of hydrogen-bond acceptors (Lipinski definition) is 4. The van der Waals surface area contributed by atoms with Gasteiger partial charge in [-0.05, 0) is 36.6 Å². The molecule has 1 aliphatic carbocycles. The highest BCUT2D eigenvalue weighted by Gasteiger charge is 2.22. The SMILES string of the molecule is O=c1[nH]ccc2c1c(Nc1ccc(C(O)C(F)F)cc1)nn2C1CCCCC1. The number of pyridine rings is 1. The van der Waals surface area contributed by atoms with Crippen LogP contribution in [0.15, 0.2) is 41.3 Å². The van der Waals surface area contributed by atoms with Crippen molar-refractivity contribution in [3.05, 3.63) is 52.4 Å². The monoisotopic (exact) mass is 388 g/mol. The van der Waals surface area contributed by atoms with Gasteiger partial charge in [0.1, 0.15) is 11.5 Å². The summed E-state index contributed by atoms with van der Waals surface area (Å²) < 4.78 is 27.2. The van der Waals surface area contributed by atoms with E-state index in [2.05, 4.69) is 15.4 Å². The molecule has 8 heteroatoms. The number of aliphatic hydroxyl groups excluding tert-OH is 1. The van der Waals surface area contributed by atoms with Crippen LogP contribution < -0.4 is 10.9 Å². The van der Waals surface area contributed by atoms with Crippen molar-refractivity contribution >= 4 is 22.4 Å². The Morgan fingerprint density at radius 2 is 1.86 bits per heavy atom. The van der Waals surface area contributed by atoms with Crippen LogP contribution in [0.1, 0.15) is 49.8 Å². The first-order valence-electron chi connectivity index (χ1n) is 9.47. The molecule has 6 nitrogen and oxygen atoms in total. The minimum atomic E-state index is -2.84. The van der Waals surface area contributed by atoms with Crippen LogP contribution in [-0.4, -0.2) is 26.3 Å². The molecule has 1 saturated carbocycles. The third kappa shape index (κ3) is 3.52. The van der Waals surface area contributed by atoms with Crippen molar-refractivity contribution in [2.45, 2.75) is 50.7 Å². The molecule has 4 rings (SSSR count). The van der Waals surface area contributed by atoms with E-state index >= 15 is 0 Å². The summed E-state index contributed by atoms with van der Waals surface area (Å²) in [4.78, 5) is 15.1. The second kappa shape index (κ2) is 7.71. The number of aromatic amines is 1. The molecular formula is C20H22F2N4O2. The van der Waals surface area contributed by atoms with Gasteiger partial charge < -0.3 is 15.4 Å². The van der Waals surface area contributed by atoms with Crippen molar-refractivity contribution in [1.82, 2.24) is 14.8 Å².